The third-order valence-corrected chi connectivity index (χ3v) is 6.38. The highest BCUT2D eigenvalue weighted by Gasteiger charge is 2.15. The third-order valence-electron chi connectivity index (χ3n) is 5.51. The number of aryl methyl sites for hydroxylation is 1. The number of fused-ring (bicyclic) bond motifs is 1. The maximum absolute atomic E-state index is 6.30. The summed E-state index contributed by atoms with van der Waals surface area (Å²) in [5, 5.41) is 14.3. The molecule has 0 bridgehead atoms. The van der Waals surface area contributed by atoms with Crippen LogP contribution in [0, 0.1) is 0 Å². The van der Waals surface area contributed by atoms with Crippen molar-refractivity contribution in [1.29, 1.82) is 0 Å². The summed E-state index contributed by atoms with van der Waals surface area (Å²) in [5.41, 5.74) is 4.72. The van der Waals surface area contributed by atoms with Gasteiger partial charge in [-0.1, -0.05) is 48.6 Å². The molecule has 0 saturated carbocycles. The molecule has 35 heavy (non-hydrogen) atoms. The second kappa shape index (κ2) is 9.99. The molecule has 2 heterocycles. The molecule has 8 heteroatoms. The zero-order valence-corrected chi connectivity index (χ0v) is 20.4. The predicted octanol–water partition coefficient (Wildman–Crippen LogP) is 6.51. The van der Waals surface area contributed by atoms with E-state index < -0.39 is 0 Å². The number of aromatic nitrogens is 2. The Morgan fingerprint density at radius 2 is 1.77 bits per heavy atom. The third kappa shape index (κ3) is 4.88. The molecular weight excluding hydrogens is 460 g/mol. The average molecular weight is 485 g/mol. The van der Waals surface area contributed by atoms with Crippen LogP contribution >= 0.6 is 11.3 Å². The molecule has 7 nitrogen and oxygen atoms in total. The minimum absolute atomic E-state index is 0.440. The van der Waals surface area contributed by atoms with Crippen molar-refractivity contribution < 1.29 is 13.9 Å². The van der Waals surface area contributed by atoms with E-state index in [1.165, 1.54) is 16.9 Å². The summed E-state index contributed by atoms with van der Waals surface area (Å²) in [4.78, 5) is 4.81. The number of para-hydroxylation sites is 1. The first-order valence-electron chi connectivity index (χ1n) is 11.2. The van der Waals surface area contributed by atoms with Crippen molar-refractivity contribution in [2.75, 3.05) is 19.5 Å². The molecule has 0 radical (unpaired) electrons. The van der Waals surface area contributed by atoms with E-state index in [4.69, 9.17) is 18.9 Å². The summed E-state index contributed by atoms with van der Waals surface area (Å²) >= 11 is 1.42. The fraction of sp³-hybridized carbons (Fsp3) is 0.148. The van der Waals surface area contributed by atoms with Gasteiger partial charge >= 0.3 is 0 Å². The van der Waals surface area contributed by atoms with Gasteiger partial charge in [-0.2, -0.15) is 0 Å². The first kappa shape index (κ1) is 22.6. The standard InChI is InChI=1S/C27H24N4O3S/c1-4-17-11-13-19(14-12-17)28-25-22(15-18-7-5-10-23(33-3)24(18)34-25)26-30-31-27(35-26)29-20-8-6-9-21(16-20)32-2/h5-16H,4H2,1-3H3,(H,29,31). The van der Waals surface area contributed by atoms with Crippen molar-refractivity contribution in [3.8, 4) is 22.1 Å². The Kier molecular flexibility index (Phi) is 6.45. The zero-order valence-electron chi connectivity index (χ0n) is 19.6. The number of methoxy groups -OCH3 is 2. The van der Waals surface area contributed by atoms with Gasteiger partial charge in [0.2, 0.25) is 10.7 Å². The van der Waals surface area contributed by atoms with E-state index in [1.807, 2.05) is 60.7 Å². The van der Waals surface area contributed by atoms with Crippen LogP contribution in [0.4, 0.5) is 16.5 Å². The number of benzene rings is 3. The van der Waals surface area contributed by atoms with Gasteiger partial charge in [-0.15, -0.1) is 10.2 Å². The van der Waals surface area contributed by atoms with E-state index in [9.17, 15) is 0 Å². The highest BCUT2D eigenvalue weighted by Crippen LogP contribution is 2.32. The summed E-state index contributed by atoms with van der Waals surface area (Å²) in [6.45, 7) is 2.13. The van der Waals surface area contributed by atoms with Gasteiger partial charge in [0, 0.05) is 17.1 Å². The number of ether oxygens (including phenoxy) is 2. The Balaban J connectivity index is 1.60. The van der Waals surface area contributed by atoms with Crippen molar-refractivity contribution in [2.24, 2.45) is 4.99 Å². The lowest BCUT2D eigenvalue weighted by atomic mass is 10.1. The van der Waals surface area contributed by atoms with E-state index in [2.05, 4.69) is 34.6 Å². The lowest BCUT2D eigenvalue weighted by Crippen LogP contribution is -2.06. The Labute approximate surface area is 206 Å². The molecule has 0 unspecified atom stereocenters. The smallest absolute Gasteiger partial charge is 0.230 e. The van der Waals surface area contributed by atoms with Gasteiger partial charge < -0.3 is 19.2 Å². The zero-order chi connectivity index (χ0) is 24.2. The Morgan fingerprint density at radius 3 is 2.54 bits per heavy atom. The lowest BCUT2D eigenvalue weighted by molar-refractivity contribution is 0.406. The Morgan fingerprint density at radius 1 is 0.943 bits per heavy atom. The fourth-order valence-electron chi connectivity index (χ4n) is 3.65. The Bertz CT molecular complexity index is 1540. The first-order chi connectivity index (χ1) is 17.2. The fourth-order valence-corrected chi connectivity index (χ4v) is 4.42. The Hall–Kier alpha value is -4.17. The van der Waals surface area contributed by atoms with Crippen LogP contribution in [0.3, 0.4) is 0 Å². The molecule has 0 amide bonds. The molecular formula is C27H24N4O3S. The number of nitrogens with zero attached hydrogens (tertiary/aromatic N) is 3. The minimum atomic E-state index is 0.440. The monoisotopic (exact) mass is 484 g/mol. The van der Waals surface area contributed by atoms with Gasteiger partial charge in [0.05, 0.1) is 25.5 Å². The summed E-state index contributed by atoms with van der Waals surface area (Å²) in [6.07, 6.45) is 0.969. The SMILES string of the molecule is CCc1ccc(N=c2oc3c(OC)cccc3cc2-c2nnc(Nc3cccc(OC)c3)s2)cc1. The van der Waals surface area contributed by atoms with Crippen LogP contribution in [0.25, 0.3) is 21.5 Å². The van der Waals surface area contributed by atoms with Crippen molar-refractivity contribution in [3.63, 3.8) is 0 Å². The normalized spacial score (nSPS) is 11.6. The van der Waals surface area contributed by atoms with Gasteiger partial charge in [0.1, 0.15) is 5.75 Å². The van der Waals surface area contributed by atoms with E-state index in [0.29, 0.717) is 27.0 Å². The van der Waals surface area contributed by atoms with Crippen molar-refractivity contribution in [3.05, 3.63) is 83.9 Å². The van der Waals surface area contributed by atoms with Gasteiger partial charge in [-0.25, -0.2) is 4.99 Å². The van der Waals surface area contributed by atoms with E-state index in [0.717, 1.165) is 34.5 Å². The van der Waals surface area contributed by atoms with E-state index >= 15 is 0 Å². The number of hydrogen-bond acceptors (Lipinski definition) is 8. The van der Waals surface area contributed by atoms with Gasteiger partial charge in [-0.3, -0.25) is 0 Å². The summed E-state index contributed by atoms with van der Waals surface area (Å²) < 4.78 is 17.1. The topological polar surface area (TPSA) is 81.8 Å². The molecule has 0 saturated heterocycles. The molecule has 0 atom stereocenters. The van der Waals surface area contributed by atoms with E-state index in [1.54, 1.807) is 14.2 Å². The van der Waals surface area contributed by atoms with Crippen molar-refractivity contribution >= 4 is 38.8 Å². The van der Waals surface area contributed by atoms with Crippen molar-refractivity contribution in [1.82, 2.24) is 10.2 Å². The predicted molar refractivity (Wildman–Crippen MR) is 139 cm³/mol. The molecule has 0 aliphatic heterocycles. The molecule has 1 N–H and O–H groups in total. The van der Waals surface area contributed by atoms with Crippen molar-refractivity contribution in [2.45, 2.75) is 13.3 Å². The number of hydrogen-bond donors (Lipinski definition) is 1. The quantitative estimate of drug-likeness (QED) is 0.284. The number of rotatable bonds is 7. The molecule has 2 aromatic heterocycles. The molecule has 0 aliphatic rings. The molecule has 176 valence electrons. The summed E-state index contributed by atoms with van der Waals surface area (Å²) in [5.74, 6) is 1.40. The maximum Gasteiger partial charge on any atom is 0.230 e. The molecule has 0 fully saturated rings. The molecule has 5 aromatic rings. The van der Waals surface area contributed by atoms with E-state index in [-0.39, 0.29) is 0 Å². The molecule has 3 aromatic carbocycles. The summed E-state index contributed by atoms with van der Waals surface area (Å²) in [7, 11) is 3.26. The lowest BCUT2D eigenvalue weighted by Gasteiger charge is -2.06. The van der Waals surface area contributed by atoms with Gasteiger partial charge in [0.25, 0.3) is 0 Å². The molecule has 0 aliphatic carbocycles. The van der Waals surface area contributed by atoms with Crippen LogP contribution in [0.1, 0.15) is 12.5 Å². The van der Waals surface area contributed by atoms with Gasteiger partial charge in [-0.05, 0) is 48.4 Å². The van der Waals surface area contributed by atoms with Gasteiger partial charge in [0.15, 0.2) is 16.3 Å². The van der Waals surface area contributed by atoms with Crippen LogP contribution in [-0.2, 0) is 6.42 Å². The van der Waals surface area contributed by atoms with Crippen LogP contribution in [0.5, 0.6) is 11.5 Å². The minimum Gasteiger partial charge on any atom is -0.497 e. The maximum atomic E-state index is 6.30. The molecule has 0 spiro atoms. The van der Waals surface area contributed by atoms with Crippen LogP contribution in [0.2, 0.25) is 0 Å². The number of anilines is 2. The highest BCUT2D eigenvalue weighted by molar-refractivity contribution is 7.18. The largest absolute Gasteiger partial charge is 0.497 e. The molecule has 5 rings (SSSR count). The average Bonchev–Trinajstić information content (AvgIpc) is 3.36. The first-order valence-corrected chi connectivity index (χ1v) is 12.0. The van der Waals surface area contributed by atoms with Crippen LogP contribution in [0.15, 0.2) is 82.2 Å². The highest BCUT2D eigenvalue weighted by atomic mass is 32.1. The van der Waals surface area contributed by atoms with Crippen LogP contribution in [-0.4, -0.2) is 24.4 Å². The van der Waals surface area contributed by atoms with Crippen LogP contribution < -0.4 is 20.3 Å². The number of nitrogens with one attached hydrogen (secondary N) is 1. The second-order valence-electron chi connectivity index (χ2n) is 7.74. The second-order valence-corrected chi connectivity index (χ2v) is 8.72. The summed E-state index contributed by atoms with van der Waals surface area (Å²) in [6, 6.07) is 23.5.